The zero-order chi connectivity index (χ0) is 15.2. The maximum absolute atomic E-state index is 12.2. The third-order valence-corrected chi connectivity index (χ3v) is 3.31. The molecule has 2 aromatic rings. The zero-order valence-corrected chi connectivity index (χ0v) is 12.0. The van der Waals surface area contributed by atoms with Crippen molar-refractivity contribution in [1.29, 1.82) is 0 Å². The van der Waals surface area contributed by atoms with E-state index in [4.69, 9.17) is 9.84 Å². The first kappa shape index (κ1) is 15.1. The van der Waals surface area contributed by atoms with Gasteiger partial charge < -0.3 is 14.8 Å². The third kappa shape index (κ3) is 3.84. The fourth-order valence-electron chi connectivity index (χ4n) is 2.28. The van der Waals surface area contributed by atoms with E-state index >= 15 is 0 Å². The Kier molecular flexibility index (Phi) is 4.98. The number of hydrogen-bond donors (Lipinski definition) is 2. The highest BCUT2D eigenvalue weighted by atomic mass is 16.5. The normalized spacial score (nSPS) is 10.7. The average molecular weight is 289 g/mol. The van der Waals surface area contributed by atoms with Crippen LogP contribution in [0.2, 0.25) is 0 Å². The SMILES string of the molecule is CCOc1ccc2[nH]cc(C(=O)CCCCC(=O)O)c2c1. The van der Waals surface area contributed by atoms with Gasteiger partial charge in [-0.1, -0.05) is 0 Å². The number of carboxylic acids is 1. The molecule has 1 heterocycles. The van der Waals surface area contributed by atoms with E-state index in [-0.39, 0.29) is 12.2 Å². The van der Waals surface area contributed by atoms with Crippen LogP contribution in [0.3, 0.4) is 0 Å². The predicted molar refractivity (Wildman–Crippen MR) is 79.9 cm³/mol. The Morgan fingerprint density at radius 1 is 1.24 bits per heavy atom. The number of hydrogen-bond acceptors (Lipinski definition) is 3. The Bertz CT molecular complexity index is 645. The van der Waals surface area contributed by atoms with Crippen molar-refractivity contribution in [2.75, 3.05) is 6.61 Å². The molecule has 1 aromatic heterocycles. The minimum atomic E-state index is -0.823. The molecule has 21 heavy (non-hydrogen) atoms. The van der Waals surface area contributed by atoms with Crippen molar-refractivity contribution in [2.24, 2.45) is 0 Å². The summed E-state index contributed by atoms with van der Waals surface area (Å²) in [5, 5.41) is 9.43. The number of carbonyl (C=O) groups excluding carboxylic acids is 1. The molecule has 0 spiro atoms. The smallest absolute Gasteiger partial charge is 0.303 e. The molecule has 0 unspecified atom stereocenters. The fraction of sp³-hybridized carbons (Fsp3) is 0.375. The monoisotopic (exact) mass is 289 g/mol. The van der Waals surface area contributed by atoms with E-state index in [1.165, 1.54) is 0 Å². The van der Waals surface area contributed by atoms with Crippen LogP contribution in [-0.2, 0) is 4.79 Å². The summed E-state index contributed by atoms with van der Waals surface area (Å²) in [5.74, 6) is -0.0549. The van der Waals surface area contributed by atoms with Gasteiger partial charge in [-0.15, -0.1) is 0 Å². The number of aliphatic carboxylic acids is 1. The molecule has 0 saturated carbocycles. The summed E-state index contributed by atoms with van der Waals surface area (Å²) >= 11 is 0. The summed E-state index contributed by atoms with van der Waals surface area (Å²) in [6.45, 7) is 2.49. The third-order valence-electron chi connectivity index (χ3n) is 3.31. The molecule has 5 heteroatoms. The molecule has 112 valence electrons. The van der Waals surface area contributed by atoms with Crippen molar-refractivity contribution in [1.82, 2.24) is 4.98 Å². The van der Waals surface area contributed by atoms with Gasteiger partial charge >= 0.3 is 5.97 Å². The standard InChI is InChI=1S/C16H19NO4/c1-2-21-11-7-8-14-12(9-11)13(10-17-14)15(18)5-3-4-6-16(19)20/h7-10,17H,2-6H2,1H3,(H,19,20). The molecule has 0 aliphatic heterocycles. The Morgan fingerprint density at radius 3 is 2.71 bits per heavy atom. The summed E-state index contributed by atoms with van der Waals surface area (Å²) in [6.07, 6.45) is 3.28. The van der Waals surface area contributed by atoms with E-state index in [1.807, 2.05) is 25.1 Å². The Balaban J connectivity index is 2.08. The molecule has 0 radical (unpaired) electrons. The topological polar surface area (TPSA) is 79.4 Å². The van der Waals surface area contributed by atoms with Crippen molar-refractivity contribution in [3.63, 3.8) is 0 Å². The van der Waals surface area contributed by atoms with Crippen molar-refractivity contribution in [3.05, 3.63) is 30.0 Å². The second-order valence-corrected chi connectivity index (χ2v) is 4.87. The first-order valence-electron chi connectivity index (χ1n) is 7.10. The quantitative estimate of drug-likeness (QED) is 0.576. The number of ketones is 1. The fourth-order valence-corrected chi connectivity index (χ4v) is 2.28. The average Bonchev–Trinajstić information content (AvgIpc) is 2.87. The lowest BCUT2D eigenvalue weighted by atomic mass is 10.0. The van der Waals surface area contributed by atoms with Gasteiger partial charge in [-0.25, -0.2) is 0 Å². The molecule has 0 saturated heterocycles. The van der Waals surface area contributed by atoms with E-state index in [1.54, 1.807) is 6.20 Å². The van der Waals surface area contributed by atoms with Gasteiger partial charge in [0.2, 0.25) is 0 Å². The number of carboxylic acid groups (broad SMARTS) is 1. The van der Waals surface area contributed by atoms with Crippen LogP contribution in [0, 0.1) is 0 Å². The Hall–Kier alpha value is -2.30. The van der Waals surface area contributed by atoms with E-state index in [9.17, 15) is 9.59 Å². The van der Waals surface area contributed by atoms with E-state index < -0.39 is 5.97 Å². The number of nitrogens with one attached hydrogen (secondary N) is 1. The molecule has 1 aromatic carbocycles. The number of H-pyrrole nitrogens is 1. The lowest BCUT2D eigenvalue weighted by Crippen LogP contribution is -2.00. The maximum atomic E-state index is 12.2. The molecular weight excluding hydrogens is 270 g/mol. The number of aromatic amines is 1. The number of carbonyl (C=O) groups is 2. The molecule has 0 bridgehead atoms. The van der Waals surface area contributed by atoms with Gasteiger partial charge in [-0.3, -0.25) is 9.59 Å². The second kappa shape index (κ2) is 6.92. The number of unbranched alkanes of at least 4 members (excludes halogenated alkanes) is 1. The highest BCUT2D eigenvalue weighted by Gasteiger charge is 2.12. The van der Waals surface area contributed by atoms with Crippen molar-refractivity contribution >= 4 is 22.7 Å². The lowest BCUT2D eigenvalue weighted by Gasteiger charge is -2.04. The Labute approximate surface area is 122 Å². The van der Waals surface area contributed by atoms with Crippen molar-refractivity contribution in [2.45, 2.75) is 32.6 Å². The molecule has 2 N–H and O–H groups in total. The summed E-state index contributed by atoms with van der Waals surface area (Å²) < 4.78 is 5.45. The number of fused-ring (bicyclic) bond motifs is 1. The van der Waals surface area contributed by atoms with Gasteiger partial charge in [-0.05, 0) is 38.0 Å². The maximum Gasteiger partial charge on any atom is 0.303 e. The molecule has 2 rings (SSSR count). The van der Waals surface area contributed by atoms with Gasteiger partial charge in [0.25, 0.3) is 0 Å². The second-order valence-electron chi connectivity index (χ2n) is 4.87. The number of aromatic nitrogens is 1. The van der Waals surface area contributed by atoms with Crippen LogP contribution < -0.4 is 4.74 Å². The largest absolute Gasteiger partial charge is 0.494 e. The predicted octanol–water partition coefficient (Wildman–Crippen LogP) is 3.39. The number of ether oxygens (including phenoxy) is 1. The van der Waals surface area contributed by atoms with Crippen LogP contribution in [0.5, 0.6) is 5.75 Å². The number of benzene rings is 1. The van der Waals surface area contributed by atoms with Gasteiger partial charge in [0.05, 0.1) is 6.61 Å². The molecule has 5 nitrogen and oxygen atoms in total. The minimum absolute atomic E-state index is 0.0280. The van der Waals surface area contributed by atoms with Crippen molar-refractivity contribution in [3.8, 4) is 5.75 Å². The van der Waals surface area contributed by atoms with Crippen LogP contribution in [0.15, 0.2) is 24.4 Å². The van der Waals surface area contributed by atoms with Crippen molar-refractivity contribution < 1.29 is 19.4 Å². The highest BCUT2D eigenvalue weighted by Crippen LogP contribution is 2.25. The number of Topliss-reactive ketones (excluding diaryl/α,β-unsaturated/α-hetero) is 1. The van der Waals surface area contributed by atoms with Crippen LogP contribution >= 0.6 is 0 Å². The zero-order valence-electron chi connectivity index (χ0n) is 12.0. The molecule has 0 aliphatic carbocycles. The van der Waals surface area contributed by atoms with Gasteiger partial charge in [0.15, 0.2) is 5.78 Å². The summed E-state index contributed by atoms with van der Waals surface area (Å²) in [6, 6.07) is 5.62. The van der Waals surface area contributed by atoms with E-state index in [0.717, 1.165) is 16.7 Å². The molecule has 0 amide bonds. The van der Waals surface area contributed by atoms with E-state index in [2.05, 4.69) is 4.98 Å². The van der Waals surface area contributed by atoms with Crippen LogP contribution in [0.25, 0.3) is 10.9 Å². The molecular formula is C16H19NO4. The Morgan fingerprint density at radius 2 is 2.00 bits per heavy atom. The summed E-state index contributed by atoms with van der Waals surface area (Å²) in [4.78, 5) is 25.7. The molecule has 0 atom stereocenters. The molecule has 0 fully saturated rings. The van der Waals surface area contributed by atoms with Crippen LogP contribution in [0.1, 0.15) is 43.0 Å². The molecule has 0 aliphatic rings. The lowest BCUT2D eigenvalue weighted by molar-refractivity contribution is -0.137. The summed E-state index contributed by atoms with van der Waals surface area (Å²) in [5.41, 5.74) is 1.54. The van der Waals surface area contributed by atoms with Crippen LogP contribution in [-0.4, -0.2) is 28.4 Å². The summed E-state index contributed by atoms with van der Waals surface area (Å²) in [7, 11) is 0. The van der Waals surface area contributed by atoms with E-state index in [0.29, 0.717) is 31.4 Å². The first-order chi connectivity index (χ1) is 10.1. The number of rotatable bonds is 8. The van der Waals surface area contributed by atoms with Gasteiger partial charge in [0.1, 0.15) is 5.75 Å². The van der Waals surface area contributed by atoms with Crippen LogP contribution in [0.4, 0.5) is 0 Å². The highest BCUT2D eigenvalue weighted by molar-refractivity contribution is 6.08. The minimum Gasteiger partial charge on any atom is -0.494 e. The van der Waals surface area contributed by atoms with Gasteiger partial charge in [-0.2, -0.15) is 0 Å². The van der Waals surface area contributed by atoms with Gasteiger partial charge in [0, 0.05) is 35.5 Å². The first-order valence-corrected chi connectivity index (χ1v) is 7.10.